The molecule has 0 spiro atoms. The number of hydrogen-bond acceptors (Lipinski definition) is 6. The molecule has 2 aromatic carbocycles. The number of non-ortho nitro benzene ring substituents is 1. The minimum Gasteiger partial charge on any atom is -0.507 e. The molecule has 27 heavy (non-hydrogen) atoms. The Balaban J connectivity index is 2.29. The lowest BCUT2D eigenvalue weighted by Gasteiger charge is -2.15. The van der Waals surface area contributed by atoms with E-state index in [4.69, 9.17) is 4.74 Å². The zero-order valence-corrected chi connectivity index (χ0v) is 14.5. The monoisotopic (exact) mass is 381 g/mol. The minimum atomic E-state index is -1.30. The molecule has 144 valence electrons. The van der Waals surface area contributed by atoms with E-state index in [9.17, 15) is 28.8 Å². The second-order valence-electron chi connectivity index (χ2n) is 5.83. The number of nitrogens with zero attached hydrogens (tertiary/aromatic N) is 2. The Kier molecular flexibility index (Phi) is 6.24. The second kappa shape index (κ2) is 8.41. The number of aromatic hydroxyl groups is 1. The van der Waals surface area contributed by atoms with Gasteiger partial charge >= 0.3 is 0 Å². The maximum absolute atomic E-state index is 13.4. The van der Waals surface area contributed by atoms with E-state index in [1.54, 1.807) is 0 Å². The summed E-state index contributed by atoms with van der Waals surface area (Å²) in [5, 5.41) is 23.0. The van der Waals surface area contributed by atoms with Crippen molar-refractivity contribution in [3.63, 3.8) is 0 Å². The van der Waals surface area contributed by atoms with Crippen LogP contribution in [0.3, 0.4) is 0 Å². The first-order valence-corrected chi connectivity index (χ1v) is 7.74. The number of amides is 1. The Morgan fingerprint density at radius 3 is 2.56 bits per heavy atom. The quantitative estimate of drug-likeness (QED) is 0.564. The van der Waals surface area contributed by atoms with Crippen LogP contribution in [-0.4, -0.2) is 48.1 Å². The summed E-state index contributed by atoms with van der Waals surface area (Å²) in [7, 11) is 3.62. The van der Waals surface area contributed by atoms with Gasteiger partial charge in [-0.3, -0.25) is 14.9 Å². The maximum Gasteiger partial charge on any atom is 0.273 e. The van der Waals surface area contributed by atoms with E-state index in [1.807, 2.05) is 19.0 Å². The number of rotatable bonds is 7. The lowest BCUT2D eigenvalue weighted by molar-refractivity contribution is -0.384. The third-order valence-corrected chi connectivity index (χ3v) is 3.50. The number of nitro groups is 1. The van der Waals surface area contributed by atoms with Crippen LogP contribution in [0.25, 0.3) is 0 Å². The summed E-state index contributed by atoms with van der Waals surface area (Å²) in [5.41, 5.74) is -0.663. The van der Waals surface area contributed by atoms with Crippen LogP contribution < -0.4 is 10.1 Å². The van der Waals surface area contributed by atoms with Crippen molar-refractivity contribution < 1.29 is 28.3 Å². The second-order valence-corrected chi connectivity index (χ2v) is 5.83. The summed E-state index contributed by atoms with van der Waals surface area (Å²) in [6.45, 7) is 0.702. The fourth-order valence-corrected chi connectivity index (χ4v) is 2.09. The van der Waals surface area contributed by atoms with Gasteiger partial charge < -0.3 is 20.1 Å². The van der Waals surface area contributed by atoms with E-state index in [0.29, 0.717) is 18.7 Å². The number of benzene rings is 2. The SMILES string of the molecule is CN(C)CCOc1cc([N+](=O)[O-])ccc1NC(=O)c1cc(F)c(F)cc1O. The number of ether oxygens (including phenoxy) is 1. The molecule has 0 bridgehead atoms. The van der Waals surface area contributed by atoms with Crippen molar-refractivity contribution in [2.24, 2.45) is 0 Å². The van der Waals surface area contributed by atoms with Gasteiger partial charge in [0.2, 0.25) is 0 Å². The fourth-order valence-electron chi connectivity index (χ4n) is 2.09. The van der Waals surface area contributed by atoms with E-state index in [1.165, 1.54) is 6.07 Å². The molecule has 2 N–H and O–H groups in total. The molecule has 0 saturated carbocycles. The zero-order valence-electron chi connectivity index (χ0n) is 14.5. The van der Waals surface area contributed by atoms with E-state index in [0.717, 1.165) is 12.1 Å². The summed E-state index contributed by atoms with van der Waals surface area (Å²) >= 11 is 0. The Morgan fingerprint density at radius 2 is 1.93 bits per heavy atom. The van der Waals surface area contributed by atoms with Crippen molar-refractivity contribution in [2.45, 2.75) is 0 Å². The van der Waals surface area contributed by atoms with E-state index in [-0.39, 0.29) is 23.7 Å². The molecule has 0 aromatic heterocycles. The summed E-state index contributed by atoms with van der Waals surface area (Å²) in [5.74, 6) is -4.25. The highest BCUT2D eigenvalue weighted by Gasteiger charge is 2.19. The molecule has 0 radical (unpaired) electrons. The molecule has 2 aromatic rings. The van der Waals surface area contributed by atoms with Crippen LogP contribution in [0.4, 0.5) is 20.2 Å². The number of nitrogens with one attached hydrogen (secondary N) is 1. The number of nitro benzene ring substituents is 1. The topological polar surface area (TPSA) is 105 Å². The highest BCUT2D eigenvalue weighted by molar-refractivity contribution is 6.06. The summed E-state index contributed by atoms with van der Waals surface area (Å²) in [6, 6.07) is 4.57. The Morgan fingerprint density at radius 1 is 1.26 bits per heavy atom. The average Bonchev–Trinajstić information content (AvgIpc) is 2.58. The van der Waals surface area contributed by atoms with Crippen LogP contribution in [0.15, 0.2) is 30.3 Å². The lowest BCUT2D eigenvalue weighted by Crippen LogP contribution is -2.20. The first-order valence-electron chi connectivity index (χ1n) is 7.74. The number of phenols is 1. The van der Waals surface area contributed by atoms with Gasteiger partial charge in [0.05, 0.1) is 22.2 Å². The predicted molar refractivity (Wildman–Crippen MR) is 93.1 cm³/mol. The molecule has 2 rings (SSSR count). The van der Waals surface area contributed by atoms with Gasteiger partial charge in [0, 0.05) is 18.7 Å². The van der Waals surface area contributed by atoms with Crippen LogP contribution in [0.2, 0.25) is 0 Å². The number of anilines is 1. The average molecular weight is 381 g/mol. The molecule has 1 amide bonds. The Bertz CT molecular complexity index is 874. The fraction of sp³-hybridized carbons (Fsp3) is 0.235. The van der Waals surface area contributed by atoms with Crippen LogP contribution in [-0.2, 0) is 0 Å². The molecular weight excluding hydrogens is 364 g/mol. The van der Waals surface area contributed by atoms with Crippen LogP contribution in [0, 0.1) is 21.7 Å². The van der Waals surface area contributed by atoms with E-state index < -0.39 is 33.8 Å². The molecule has 0 aliphatic carbocycles. The first kappa shape index (κ1) is 20.0. The molecule has 10 heteroatoms. The smallest absolute Gasteiger partial charge is 0.273 e. The Labute approximate surface area is 153 Å². The number of likely N-dealkylation sites (N-methyl/N-ethyl adjacent to an activating group) is 1. The first-order chi connectivity index (χ1) is 12.7. The van der Waals surface area contributed by atoms with Crippen molar-refractivity contribution in [1.82, 2.24) is 4.90 Å². The van der Waals surface area contributed by atoms with Gasteiger partial charge in [-0.25, -0.2) is 8.78 Å². The molecule has 0 saturated heterocycles. The summed E-state index contributed by atoms with van der Waals surface area (Å²) in [6.07, 6.45) is 0. The number of halogens is 2. The summed E-state index contributed by atoms with van der Waals surface area (Å²) < 4.78 is 31.9. The van der Waals surface area contributed by atoms with Crippen LogP contribution in [0.5, 0.6) is 11.5 Å². The molecule has 8 nitrogen and oxygen atoms in total. The van der Waals surface area contributed by atoms with Gasteiger partial charge in [0.1, 0.15) is 18.1 Å². The number of carbonyl (C=O) groups is 1. The number of phenolic OH excluding ortho intramolecular Hbond substituents is 1. The third-order valence-electron chi connectivity index (χ3n) is 3.50. The molecule has 0 aliphatic rings. The van der Waals surface area contributed by atoms with Crippen molar-refractivity contribution in [2.75, 3.05) is 32.6 Å². The highest BCUT2D eigenvalue weighted by Crippen LogP contribution is 2.31. The molecular formula is C17H17F2N3O5. The van der Waals surface area contributed by atoms with Gasteiger partial charge in [-0.05, 0) is 26.2 Å². The largest absolute Gasteiger partial charge is 0.507 e. The number of carbonyl (C=O) groups excluding carboxylic acids is 1. The van der Waals surface area contributed by atoms with Gasteiger partial charge in [0.25, 0.3) is 11.6 Å². The maximum atomic E-state index is 13.4. The third kappa shape index (κ3) is 5.11. The van der Waals surface area contributed by atoms with Gasteiger partial charge in [-0.15, -0.1) is 0 Å². The van der Waals surface area contributed by atoms with Crippen molar-refractivity contribution in [3.05, 3.63) is 57.6 Å². The van der Waals surface area contributed by atoms with Gasteiger partial charge in [0.15, 0.2) is 11.6 Å². The molecule has 0 fully saturated rings. The van der Waals surface area contributed by atoms with Crippen LogP contribution >= 0.6 is 0 Å². The van der Waals surface area contributed by atoms with Crippen molar-refractivity contribution >= 4 is 17.3 Å². The van der Waals surface area contributed by atoms with Crippen molar-refractivity contribution in [3.8, 4) is 11.5 Å². The summed E-state index contributed by atoms with van der Waals surface area (Å²) in [4.78, 5) is 24.5. The highest BCUT2D eigenvalue weighted by atomic mass is 19.2. The standard InChI is InChI=1S/C17H17F2N3O5/c1-21(2)5-6-27-16-7-10(22(25)26)3-4-14(16)20-17(24)11-8-12(18)13(19)9-15(11)23/h3-4,7-9,23H,5-6H2,1-2H3,(H,20,24). The van der Waals surface area contributed by atoms with Crippen LogP contribution in [0.1, 0.15) is 10.4 Å². The van der Waals surface area contributed by atoms with Crippen molar-refractivity contribution in [1.29, 1.82) is 0 Å². The molecule has 0 atom stereocenters. The normalized spacial score (nSPS) is 10.7. The molecule has 0 aliphatic heterocycles. The Hall–Kier alpha value is -3.27. The lowest BCUT2D eigenvalue weighted by atomic mass is 10.1. The predicted octanol–water partition coefficient (Wildman–Crippen LogP) is 2.77. The molecule has 0 heterocycles. The van der Waals surface area contributed by atoms with Gasteiger partial charge in [-0.1, -0.05) is 0 Å². The van der Waals surface area contributed by atoms with E-state index >= 15 is 0 Å². The van der Waals surface area contributed by atoms with Gasteiger partial charge in [-0.2, -0.15) is 0 Å². The number of hydrogen-bond donors (Lipinski definition) is 2. The van der Waals surface area contributed by atoms with E-state index in [2.05, 4.69) is 5.32 Å². The minimum absolute atomic E-state index is 0.0291. The zero-order chi connectivity index (χ0) is 20.1. The molecule has 0 unspecified atom stereocenters.